The first-order valence-corrected chi connectivity index (χ1v) is 12.0. The van der Waals surface area contributed by atoms with Crippen LogP contribution in [0.4, 0.5) is 4.39 Å². The van der Waals surface area contributed by atoms with Crippen molar-refractivity contribution in [1.82, 2.24) is 15.2 Å². The number of halogens is 1. The molecule has 2 aromatic carbocycles. The minimum atomic E-state index is -1.12. The van der Waals surface area contributed by atoms with Crippen molar-refractivity contribution < 1.29 is 14.0 Å². The average Bonchev–Trinajstić information content (AvgIpc) is 3.08. The summed E-state index contributed by atoms with van der Waals surface area (Å²) in [4.78, 5) is 32.5. The number of pyridine rings is 1. The zero-order valence-electron chi connectivity index (χ0n) is 19.6. The summed E-state index contributed by atoms with van der Waals surface area (Å²) >= 11 is 0. The Kier molecular flexibility index (Phi) is 5.84. The van der Waals surface area contributed by atoms with Gasteiger partial charge in [0, 0.05) is 29.9 Å². The third-order valence-corrected chi connectivity index (χ3v) is 7.42. The van der Waals surface area contributed by atoms with Crippen LogP contribution in [0.2, 0.25) is 0 Å². The molecule has 2 aliphatic rings. The molecule has 0 aliphatic carbocycles. The van der Waals surface area contributed by atoms with Crippen LogP contribution in [-0.4, -0.2) is 39.3 Å². The molecule has 6 heteroatoms. The van der Waals surface area contributed by atoms with E-state index in [1.54, 1.807) is 26.0 Å². The van der Waals surface area contributed by atoms with E-state index in [0.29, 0.717) is 5.92 Å². The number of rotatable bonds is 5. The van der Waals surface area contributed by atoms with Crippen molar-refractivity contribution in [3.8, 4) is 0 Å². The molecule has 176 valence electrons. The molecule has 2 atom stereocenters. The minimum Gasteiger partial charge on any atom is -0.338 e. The lowest BCUT2D eigenvalue weighted by atomic mass is 9.84. The van der Waals surface area contributed by atoms with E-state index in [0.717, 1.165) is 37.5 Å². The van der Waals surface area contributed by atoms with Gasteiger partial charge in [-0.1, -0.05) is 30.3 Å². The summed E-state index contributed by atoms with van der Waals surface area (Å²) in [5.74, 6) is -0.728. The Labute approximate surface area is 199 Å². The van der Waals surface area contributed by atoms with Gasteiger partial charge in [0.25, 0.3) is 5.91 Å². The second-order valence-corrected chi connectivity index (χ2v) is 10.2. The highest BCUT2D eigenvalue weighted by atomic mass is 19.1. The maximum Gasteiger partial charge on any atom is 0.255 e. The fourth-order valence-corrected chi connectivity index (χ4v) is 5.84. The highest BCUT2D eigenvalue weighted by molar-refractivity contribution is 5.99. The van der Waals surface area contributed by atoms with Crippen LogP contribution in [0.15, 0.2) is 60.9 Å². The largest absolute Gasteiger partial charge is 0.338 e. The standard InChI is InChI=1S/C28H30FN3O2/c1-28(2,31-26(33)24-8-3-4-9-25(24)29)27(34)32-21-10-11-22(32)16-18(15-21)14-19-6-5-7-20-17-30-13-12-23(19)20/h3-9,12-13,17-18,21-22H,10-11,14-16H2,1-2H3,(H,31,33). The van der Waals surface area contributed by atoms with Gasteiger partial charge >= 0.3 is 0 Å². The van der Waals surface area contributed by atoms with E-state index in [4.69, 9.17) is 0 Å². The number of carbonyl (C=O) groups is 2. The molecule has 2 saturated heterocycles. The Morgan fingerprint density at radius 3 is 2.53 bits per heavy atom. The van der Waals surface area contributed by atoms with E-state index in [1.807, 2.05) is 17.3 Å². The maximum absolute atomic E-state index is 14.1. The lowest BCUT2D eigenvalue weighted by molar-refractivity contribution is -0.142. The van der Waals surface area contributed by atoms with Gasteiger partial charge in [-0.15, -0.1) is 0 Å². The van der Waals surface area contributed by atoms with Gasteiger partial charge in [-0.25, -0.2) is 4.39 Å². The van der Waals surface area contributed by atoms with Crippen molar-refractivity contribution >= 4 is 22.6 Å². The van der Waals surface area contributed by atoms with Crippen molar-refractivity contribution in [2.75, 3.05) is 0 Å². The van der Waals surface area contributed by atoms with E-state index in [9.17, 15) is 14.0 Å². The van der Waals surface area contributed by atoms with Crippen molar-refractivity contribution in [2.24, 2.45) is 5.92 Å². The minimum absolute atomic E-state index is 0.0460. The van der Waals surface area contributed by atoms with E-state index in [-0.39, 0.29) is 23.6 Å². The molecule has 2 bridgehead atoms. The average molecular weight is 460 g/mol. The van der Waals surface area contributed by atoms with Gasteiger partial charge < -0.3 is 10.2 Å². The first-order chi connectivity index (χ1) is 16.3. The summed E-state index contributed by atoms with van der Waals surface area (Å²) in [5.41, 5.74) is 0.173. The zero-order valence-corrected chi connectivity index (χ0v) is 19.6. The van der Waals surface area contributed by atoms with Crippen LogP contribution in [0.1, 0.15) is 55.5 Å². The second kappa shape index (κ2) is 8.82. The molecule has 34 heavy (non-hydrogen) atoms. The molecule has 2 aliphatic heterocycles. The highest BCUT2D eigenvalue weighted by Crippen LogP contribution is 2.41. The lowest BCUT2D eigenvalue weighted by Gasteiger charge is -2.43. The fraction of sp³-hybridized carbons (Fsp3) is 0.393. The normalized spacial score (nSPS) is 22.1. The van der Waals surface area contributed by atoms with Gasteiger partial charge in [0.2, 0.25) is 5.91 Å². The maximum atomic E-state index is 14.1. The first kappa shape index (κ1) is 22.5. The van der Waals surface area contributed by atoms with E-state index >= 15 is 0 Å². The van der Waals surface area contributed by atoms with E-state index in [2.05, 4.69) is 34.6 Å². The van der Waals surface area contributed by atoms with Gasteiger partial charge in [-0.05, 0) is 81.0 Å². The van der Waals surface area contributed by atoms with Crippen molar-refractivity contribution in [1.29, 1.82) is 0 Å². The topological polar surface area (TPSA) is 62.3 Å². The number of benzene rings is 2. The van der Waals surface area contributed by atoms with Crippen LogP contribution < -0.4 is 5.32 Å². The summed E-state index contributed by atoms with van der Waals surface area (Å²) in [7, 11) is 0. The fourth-order valence-electron chi connectivity index (χ4n) is 5.84. The molecule has 1 aromatic heterocycles. The number of piperidine rings is 1. The number of aromatic nitrogens is 1. The van der Waals surface area contributed by atoms with Crippen molar-refractivity contribution in [3.05, 3.63) is 77.9 Å². The first-order valence-electron chi connectivity index (χ1n) is 12.0. The van der Waals surface area contributed by atoms with Gasteiger partial charge in [0.15, 0.2) is 0 Å². The summed E-state index contributed by atoms with van der Waals surface area (Å²) < 4.78 is 14.1. The molecule has 0 spiro atoms. The van der Waals surface area contributed by atoms with Crippen LogP contribution in [0, 0.1) is 11.7 Å². The number of fused-ring (bicyclic) bond motifs is 3. The Morgan fingerprint density at radius 2 is 1.79 bits per heavy atom. The zero-order chi connectivity index (χ0) is 23.9. The summed E-state index contributed by atoms with van der Waals surface area (Å²) in [5, 5.41) is 5.18. The molecule has 0 radical (unpaired) electrons. The highest BCUT2D eigenvalue weighted by Gasteiger charge is 2.47. The van der Waals surface area contributed by atoms with Gasteiger partial charge in [0.05, 0.1) is 5.56 Å². The second-order valence-electron chi connectivity index (χ2n) is 10.2. The Hall–Kier alpha value is -3.28. The predicted octanol–water partition coefficient (Wildman–Crippen LogP) is 4.89. The summed E-state index contributed by atoms with van der Waals surface area (Å²) in [6.07, 6.45) is 8.63. The monoisotopic (exact) mass is 459 g/mol. The molecule has 3 aromatic rings. The van der Waals surface area contributed by atoms with Crippen LogP contribution in [0.3, 0.4) is 0 Å². The smallest absolute Gasteiger partial charge is 0.255 e. The molecule has 5 rings (SSSR count). The molecule has 2 unspecified atom stereocenters. The van der Waals surface area contributed by atoms with Crippen LogP contribution in [0.25, 0.3) is 10.8 Å². The Bertz CT molecular complexity index is 1220. The molecule has 3 heterocycles. The van der Waals surface area contributed by atoms with Gasteiger partial charge in [-0.3, -0.25) is 14.6 Å². The van der Waals surface area contributed by atoms with E-state index < -0.39 is 17.3 Å². The van der Waals surface area contributed by atoms with Gasteiger partial charge in [0.1, 0.15) is 11.4 Å². The third kappa shape index (κ3) is 4.17. The number of nitrogens with one attached hydrogen (secondary N) is 1. The van der Waals surface area contributed by atoms with Gasteiger partial charge in [-0.2, -0.15) is 0 Å². The SMILES string of the molecule is CC(C)(NC(=O)c1ccccc1F)C(=O)N1C2CCC1CC(Cc1cccc3cnccc13)C2. The Balaban J connectivity index is 1.28. The number of nitrogens with zero attached hydrogens (tertiary/aromatic N) is 2. The number of hydrogen-bond acceptors (Lipinski definition) is 3. The third-order valence-electron chi connectivity index (χ3n) is 7.42. The molecular weight excluding hydrogens is 429 g/mol. The quantitative estimate of drug-likeness (QED) is 0.591. The van der Waals surface area contributed by atoms with Crippen molar-refractivity contribution in [3.63, 3.8) is 0 Å². The molecule has 0 saturated carbocycles. The summed E-state index contributed by atoms with van der Waals surface area (Å²) in [6.45, 7) is 3.42. The number of carbonyl (C=O) groups excluding carboxylic acids is 2. The Morgan fingerprint density at radius 1 is 1.06 bits per heavy atom. The van der Waals surface area contributed by atoms with Crippen LogP contribution in [0.5, 0.6) is 0 Å². The molecule has 2 fully saturated rings. The number of amides is 2. The summed E-state index contributed by atoms with van der Waals surface area (Å²) in [6, 6.07) is 14.7. The lowest BCUT2D eigenvalue weighted by Crippen LogP contribution is -2.60. The molecule has 1 N–H and O–H groups in total. The molecular formula is C28H30FN3O2. The van der Waals surface area contributed by atoms with Crippen LogP contribution >= 0.6 is 0 Å². The molecule has 5 nitrogen and oxygen atoms in total. The van der Waals surface area contributed by atoms with E-state index in [1.165, 1.54) is 23.1 Å². The molecule has 2 amide bonds. The predicted molar refractivity (Wildman–Crippen MR) is 130 cm³/mol. The number of hydrogen-bond donors (Lipinski definition) is 1. The van der Waals surface area contributed by atoms with Crippen molar-refractivity contribution in [2.45, 2.75) is 63.6 Å². The van der Waals surface area contributed by atoms with Crippen LogP contribution in [-0.2, 0) is 11.2 Å².